The fourth-order valence-corrected chi connectivity index (χ4v) is 3.98. The topological polar surface area (TPSA) is 114 Å². The molecule has 0 saturated carbocycles. The molecule has 2 rings (SSSR count). The summed E-state index contributed by atoms with van der Waals surface area (Å²) in [4.78, 5) is 14.5. The van der Waals surface area contributed by atoms with Crippen molar-refractivity contribution in [1.82, 2.24) is 4.98 Å². The van der Waals surface area contributed by atoms with Gasteiger partial charge in [-0.2, -0.15) is 0 Å². The predicted octanol–water partition coefficient (Wildman–Crippen LogP) is 0.878. The van der Waals surface area contributed by atoms with E-state index in [1.165, 1.54) is 12.1 Å². The van der Waals surface area contributed by atoms with Crippen molar-refractivity contribution >= 4 is 27.2 Å². The number of pyridine rings is 1. The van der Waals surface area contributed by atoms with E-state index in [2.05, 4.69) is 15.6 Å². The Bertz CT molecular complexity index is 617. The Balaban J connectivity index is 2.06. The van der Waals surface area contributed by atoms with Crippen LogP contribution in [-0.4, -0.2) is 43.4 Å². The molecule has 1 saturated heterocycles. The Morgan fingerprint density at radius 3 is 2.70 bits per heavy atom. The molecule has 2 heterocycles. The third kappa shape index (κ3) is 3.56. The molecule has 2 N–H and O–H groups in total. The number of nitrogens with one attached hydrogen (secondary N) is 2. The largest absolute Gasteiger partial charge is 0.373 e. The summed E-state index contributed by atoms with van der Waals surface area (Å²) in [6, 6.07) is 2.68. The number of nitrogens with zero attached hydrogens (tertiary/aromatic N) is 2. The summed E-state index contributed by atoms with van der Waals surface area (Å²) in [7, 11) is -1.29. The standard InChI is InChI=1S/C11H16N4O4S/c1-12-10-4-9(15(16)17)5-11(14-10)13-6-8-2-3-20(18,19)7-8/h4-5,8H,2-3,6-7H2,1H3,(H2,12,13,14). The summed E-state index contributed by atoms with van der Waals surface area (Å²) < 4.78 is 22.7. The van der Waals surface area contributed by atoms with Crippen LogP contribution < -0.4 is 10.6 Å². The van der Waals surface area contributed by atoms with Gasteiger partial charge in [-0.3, -0.25) is 10.1 Å². The third-order valence-electron chi connectivity index (χ3n) is 3.18. The third-order valence-corrected chi connectivity index (χ3v) is 5.01. The van der Waals surface area contributed by atoms with Crippen molar-refractivity contribution < 1.29 is 13.3 Å². The SMILES string of the molecule is CNc1cc([N+](=O)[O-])cc(NCC2CCS(=O)(=O)C2)n1. The average Bonchev–Trinajstić information content (AvgIpc) is 2.75. The number of anilines is 2. The number of hydrogen-bond acceptors (Lipinski definition) is 7. The van der Waals surface area contributed by atoms with Crippen LogP contribution in [0.1, 0.15) is 6.42 Å². The number of hydrogen-bond donors (Lipinski definition) is 2. The van der Waals surface area contributed by atoms with Crippen LogP contribution in [0.25, 0.3) is 0 Å². The maximum Gasteiger partial charge on any atom is 0.276 e. The van der Waals surface area contributed by atoms with Crippen molar-refractivity contribution in [2.75, 3.05) is 35.7 Å². The molecule has 1 aliphatic rings. The lowest BCUT2D eigenvalue weighted by atomic mass is 10.1. The summed E-state index contributed by atoms with van der Waals surface area (Å²) in [5.41, 5.74) is -0.0640. The van der Waals surface area contributed by atoms with Crippen LogP contribution in [0.2, 0.25) is 0 Å². The van der Waals surface area contributed by atoms with Crippen LogP contribution in [0.4, 0.5) is 17.3 Å². The van der Waals surface area contributed by atoms with Crippen LogP contribution in [0.15, 0.2) is 12.1 Å². The molecule has 110 valence electrons. The van der Waals surface area contributed by atoms with Gasteiger partial charge < -0.3 is 10.6 Å². The molecule has 1 atom stereocenters. The molecule has 1 aromatic rings. The monoisotopic (exact) mass is 300 g/mol. The number of rotatable bonds is 5. The molecule has 1 unspecified atom stereocenters. The lowest BCUT2D eigenvalue weighted by molar-refractivity contribution is -0.384. The Morgan fingerprint density at radius 1 is 1.45 bits per heavy atom. The first kappa shape index (κ1) is 14.5. The number of aromatic nitrogens is 1. The van der Waals surface area contributed by atoms with E-state index < -0.39 is 14.8 Å². The smallest absolute Gasteiger partial charge is 0.276 e. The molecule has 0 spiro atoms. The van der Waals surface area contributed by atoms with Gasteiger partial charge in [0.2, 0.25) is 0 Å². The van der Waals surface area contributed by atoms with Crippen molar-refractivity contribution in [1.29, 1.82) is 0 Å². The summed E-state index contributed by atoms with van der Waals surface area (Å²) >= 11 is 0. The molecule has 1 aliphatic heterocycles. The molecule has 0 aliphatic carbocycles. The molecule has 8 nitrogen and oxygen atoms in total. The van der Waals surface area contributed by atoms with Crippen LogP contribution >= 0.6 is 0 Å². The highest BCUT2D eigenvalue weighted by Crippen LogP contribution is 2.22. The normalized spacial score (nSPS) is 20.6. The van der Waals surface area contributed by atoms with Crippen molar-refractivity contribution in [2.24, 2.45) is 5.92 Å². The first-order valence-electron chi connectivity index (χ1n) is 6.18. The molecule has 0 aromatic carbocycles. The highest BCUT2D eigenvalue weighted by atomic mass is 32.2. The molecule has 0 bridgehead atoms. The van der Waals surface area contributed by atoms with Crippen molar-refractivity contribution in [3.05, 3.63) is 22.2 Å². The van der Waals surface area contributed by atoms with Gasteiger partial charge >= 0.3 is 0 Å². The zero-order valence-corrected chi connectivity index (χ0v) is 11.8. The minimum Gasteiger partial charge on any atom is -0.373 e. The first-order chi connectivity index (χ1) is 9.39. The van der Waals surface area contributed by atoms with E-state index in [0.717, 1.165) is 0 Å². The zero-order valence-electron chi connectivity index (χ0n) is 11.0. The summed E-state index contributed by atoms with van der Waals surface area (Å²) in [5.74, 6) is 1.16. The van der Waals surface area contributed by atoms with Crippen molar-refractivity contribution in [3.63, 3.8) is 0 Å². The molecule has 9 heteroatoms. The molecule has 1 fully saturated rings. The Hall–Kier alpha value is -1.90. The molecular weight excluding hydrogens is 284 g/mol. The van der Waals surface area contributed by atoms with Gasteiger partial charge in [-0.05, 0) is 12.3 Å². The number of nitro groups is 1. The minimum absolute atomic E-state index is 0.0269. The maximum atomic E-state index is 11.4. The van der Waals surface area contributed by atoms with E-state index >= 15 is 0 Å². The van der Waals surface area contributed by atoms with E-state index in [0.29, 0.717) is 24.6 Å². The lowest BCUT2D eigenvalue weighted by Gasteiger charge is -2.11. The van der Waals surface area contributed by atoms with Crippen LogP contribution in [0.3, 0.4) is 0 Å². The van der Waals surface area contributed by atoms with Gasteiger partial charge in [-0.1, -0.05) is 0 Å². The molecule has 0 radical (unpaired) electrons. The quantitative estimate of drug-likeness (QED) is 0.612. The first-order valence-corrected chi connectivity index (χ1v) is 8.00. The fraction of sp³-hybridized carbons (Fsp3) is 0.545. The van der Waals surface area contributed by atoms with E-state index in [1.54, 1.807) is 7.05 Å². The molecule has 0 amide bonds. The van der Waals surface area contributed by atoms with Crippen LogP contribution in [0.5, 0.6) is 0 Å². The van der Waals surface area contributed by atoms with E-state index in [1.807, 2.05) is 0 Å². The second-order valence-corrected chi connectivity index (χ2v) is 6.98. The van der Waals surface area contributed by atoms with Gasteiger partial charge in [0.1, 0.15) is 11.6 Å². The Labute approximate surface area is 116 Å². The van der Waals surface area contributed by atoms with Crippen LogP contribution in [0, 0.1) is 16.0 Å². The predicted molar refractivity (Wildman–Crippen MR) is 75.7 cm³/mol. The molecule has 1 aromatic heterocycles. The van der Waals surface area contributed by atoms with Gasteiger partial charge in [0.05, 0.1) is 28.6 Å². The summed E-state index contributed by atoms with van der Waals surface area (Å²) in [6.07, 6.45) is 0.614. The lowest BCUT2D eigenvalue weighted by Crippen LogP contribution is -2.16. The van der Waals surface area contributed by atoms with Crippen molar-refractivity contribution in [3.8, 4) is 0 Å². The van der Waals surface area contributed by atoms with Gasteiger partial charge in [0, 0.05) is 13.6 Å². The average molecular weight is 300 g/mol. The van der Waals surface area contributed by atoms with Gasteiger partial charge in [0.15, 0.2) is 9.84 Å². The Morgan fingerprint density at radius 2 is 2.15 bits per heavy atom. The van der Waals surface area contributed by atoms with E-state index in [4.69, 9.17) is 0 Å². The fourth-order valence-electron chi connectivity index (χ4n) is 2.12. The van der Waals surface area contributed by atoms with E-state index in [-0.39, 0.29) is 23.1 Å². The second kappa shape index (κ2) is 5.61. The highest BCUT2D eigenvalue weighted by molar-refractivity contribution is 7.91. The van der Waals surface area contributed by atoms with Gasteiger partial charge in [0.25, 0.3) is 5.69 Å². The van der Waals surface area contributed by atoms with E-state index in [9.17, 15) is 18.5 Å². The maximum absolute atomic E-state index is 11.4. The molecule has 20 heavy (non-hydrogen) atoms. The second-order valence-electron chi connectivity index (χ2n) is 4.75. The Kier molecular flexibility index (Phi) is 4.07. The van der Waals surface area contributed by atoms with Gasteiger partial charge in [-0.25, -0.2) is 13.4 Å². The number of sulfone groups is 1. The minimum atomic E-state index is -2.92. The summed E-state index contributed by atoms with van der Waals surface area (Å²) in [5, 5.41) is 16.5. The summed E-state index contributed by atoms with van der Waals surface area (Å²) in [6.45, 7) is 0.441. The highest BCUT2D eigenvalue weighted by Gasteiger charge is 2.27. The van der Waals surface area contributed by atoms with Crippen LogP contribution in [-0.2, 0) is 9.84 Å². The van der Waals surface area contributed by atoms with Crippen molar-refractivity contribution in [2.45, 2.75) is 6.42 Å². The zero-order chi connectivity index (χ0) is 14.8. The molecular formula is C11H16N4O4S. The van der Waals surface area contributed by atoms with Gasteiger partial charge in [-0.15, -0.1) is 0 Å².